The lowest BCUT2D eigenvalue weighted by Gasteiger charge is -2.22. The van der Waals surface area contributed by atoms with Crippen LogP contribution in [0.25, 0.3) is 0 Å². The molecule has 0 spiro atoms. The normalized spacial score (nSPS) is 13.0. The highest BCUT2D eigenvalue weighted by Crippen LogP contribution is 2.21. The van der Waals surface area contributed by atoms with Crippen molar-refractivity contribution >= 4 is 13.9 Å². The summed E-state index contributed by atoms with van der Waals surface area (Å²) in [6.07, 6.45) is 1.08. The number of hydrogen-bond acceptors (Lipinski definition) is 5. The number of aliphatic hydroxyl groups is 1. The lowest BCUT2D eigenvalue weighted by Crippen LogP contribution is -2.35. The molecule has 28 heavy (non-hydrogen) atoms. The maximum atomic E-state index is 10.5. The number of hydrogen-bond donors (Lipinski definition) is 3. The zero-order chi connectivity index (χ0) is 20.2. The van der Waals surface area contributed by atoms with Crippen molar-refractivity contribution in [2.45, 2.75) is 38.8 Å². The first kappa shape index (κ1) is 22.0. The molecule has 3 N–H and O–H groups in total. The maximum absolute atomic E-state index is 10.5. The molecule has 0 aliphatic heterocycles. The van der Waals surface area contributed by atoms with E-state index in [1.807, 2.05) is 54.6 Å². The van der Waals surface area contributed by atoms with Crippen molar-refractivity contribution in [2.24, 2.45) is 5.92 Å². The molecule has 0 saturated heterocycles. The van der Waals surface area contributed by atoms with Gasteiger partial charge in [-0.2, -0.15) is 0 Å². The Kier molecular flexibility index (Phi) is 9.59. The van der Waals surface area contributed by atoms with Crippen molar-refractivity contribution in [1.82, 2.24) is 5.32 Å². The van der Waals surface area contributed by atoms with Crippen LogP contribution in [-0.4, -0.2) is 38.2 Å². The summed E-state index contributed by atoms with van der Waals surface area (Å²) in [4.78, 5) is 0. The third-order valence-corrected chi connectivity index (χ3v) is 4.51. The molecule has 0 bridgehead atoms. The van der Waals surface area contributed by atoms with Crippen LogP contribution in [-0.2, 0) is 17.7 Å². The van der Waals surface area contributed by atoms with Crippen LogP contribution in [0.15, 0.2) is 54.6 Å². The Morgan fingerprint density at radius 3 is 2.39 bits per heavy atom. The van der Waals surface area contributed by atoms with Crippen molar-refractivity contribution in [3.05, 3.63) is 65.7 Å². The van der Waals surface area contributed by atoms with Crippen LogP contribution in [0, 0.1) is 11.3 Å². The van der Waals surface area contributed by atoms with Gasteiger partial charge in [-0.15, -0.1) is 0 Å². The second kappa shape index (κ2) is 12.2. The molecule has 0 radical (unpaired) electrons. The minimum Gasteiger partial charge on any atom is -0.557 e. The standard InChI is InChI=1S/C22H31BN2O3/c1-17(2)13-25-14-22(26)21(23-28-16-24)12-18-8-10-20(11-9-18)27-15-19-6-4-3-5-7-19/h3-11,16-17,21-26H,12-15H2,1-2H3/t21-,22+/m0/s1. The largest absolute Gasteiger partial charge is 0.557 e. The summed E-state index contributed by atoms with van der Waals surface area (Å²) < 4.78 is 11.0. The van der Waals surface area contributed by atoms with Crippen molar-refractivity contribution in [2.75, 3.05) is 13.1 Å². The van der Waals surface area contributed by atoms with Crippen LogP contribution < -0.4 is 10.1 Å². The Labute approximate surface area is 168 Å². The quantitative estimate of drug-likeness (QED) is 0.283. The molecule has 2 aromatic rings. The Morgan fingerprint density at radius 1 is 1.04 bits per heavy atom. The second-order valence-corrected chi connectivity index (χ2v) is 7.45. The zero-order valence-electron chi connectivity index (χ0n) is 16.8. The van der Waals surface area contributed by atoms with Gasteiger partial charge in [0.05, 0.1) is 6.10 Å². The number of ether oxygens (including phenoxy) is 1. The SMILES string of the molecule is CC(C)CNC[C@@H](O)[C@@H](BOC=N)Cc1ccc(OCc2ccccc2)cc1. The van der Waals surface area contributed by atoms with E-state index in [0.717, 1.165) is 29.8 Å². The fourth-order valence-electron chi connectivity index (χ4n) is 2.93. The van der Waals surface area contributed by atoms with Crippen LogP contribution in [0.5, 0.6) is 5.75 Å². The first-order chi connectivity index (χ1) is 13.6. The van der Waals surface area contributed by atoms with Gasteiger partial charge < -0.3 is 19.8 Å². The topological polar surface area (TPSA) is 74.6 Å². The summed E-state index contributed by atoms with van der Waals surface area (Å²) in [6, 6.07) is 18.0. The van der Waals surface area contributed by atoms with E-state index in [2.05, 4.69) is 19.2 Å². The Balaban J connectivity index is 1.88. The van der Waals surface area contributed by atoms with Gasteiger partial charge in [0.15, 0.2) is 0 Å². The van der Waals surface area contributed by atoms with Gasteiger partial charge in [-0.25, -0.2) is 0 Å². The lowest BCUT2D eigenvalue weighted by molar-refractivity contribution is 0.157. The van der Waals surface area contributed by atoms with E-state index in [1.54, 1.807) is 0 Å². The van der Waals surface area contributed by atoms with Crippen molar-refractivity contribution < 1.29 is 14.5 Å². The minimum absolute atomic E-state index is 0.0858. The molecule has 0 heterocycles. The Morgan fingerprint density at radius 2 is 1.75 bits per heavy atom. The summed E-state index contributed by atoms with van der Waals surface area (Å²) in [6.45, 7) is 6.19. The third-order valence-electron chi connectivity index (χ3n) is 4.51. The van der Waals surface area contributed by atoms with Crippen LogP contribution in [0.1, 0.15) is 25.0 Å². The van der Waals surface area contributed by atoms with Gasteiger partial charge in [0.25, 0.3) is 0 Å². The Hall–Kier alpha value is -2.31. The number of benzene rings is 2. The van der Waals surface area contributed by atoms with E-state index < -0.39 is 6.10 Å². The van der Waals surface area contributed by atoms with Crippen LogP contribution >= 0.6 is 0 Å². The molecule has 0 aromatic heterocycles. The molecule has 0 aliphatic rings. The molecular weight excluding hydrogens is 351 g/mol. The molecule has 2 rings (SSSR count). The predicted octanol–water partition coefficient (Wildman–Crippen LogP) is 3.18. The minimum atomic E-state index is -0.535. The fraction of sp³-hybridized carbons (Fsp3) is 0.409. The molecular formula is C22H31BN2O3. The first-order valence-corrected chi connectivity index (χ1v) is 9.83. The molecule has 0 amide bonds. The maximum Gasteiger partial charge on any atom is 0.347 e. The summed E-state index contributed by atoms with van der Waals surface area (Å²) in [5, 5.41) is 20.9. The molecule has 2 atom stereocenters. The predicted molar refractivity (Wildman–Crippen MR) is 115 cm³/mol. The van der Waals surface area contributed by atoms with Gasteiger partial charge in [-0.05, 0) is 42.1 Å². The highest BCUT2D eigenvalue weighted by Gasteiger charge is 2.22. The molecule has 150 valence electrons. The Bertz CT molecular complexity index is 680. The number of aliphatic hydroxyl groups excluding tert-OH is 1. The zero-order valence-corrected chi connectivity index (χ0v) is 16.8. The van der Waals surface area contributed by atoms with E-state index in [0.29, 0.717) is 33.0 Å². The van der Waals surface area contributed by atoms with Gasteiger partial charge in [-0.1, -0.05) is 56.3 Å². The highest BCUT2D eigenvalue weighted by atomic mass is 16.5. The van der Waals surface area contributed by atoms with Crippen LogP contribution in [0.2, 0.25) is 5.82 Å². The summed E-state index contributed by atoms with van der Waals surface area (Å²) in [7, 11) is 0.320. The van der Waals surface area contributed by atoms with E-state index in [9.17, 15) is 5.11 Å². The molecule has 0 unspecified atom stereocenters. The van der Waals surface area contributed by atoms with E-state index >= 15 is 0 Å². The van der Waals surface area contributed by atoms with Crippen molar-refractivity contribution in [3.63, 3.8) is 0 Å². The van der Waals surface area contributed by atoms with Gasteiger partial charge >= 0.3 is 7.48 Å². The third kappa shape index (κ3) is 8.15. The van der Waals surface area contributed by atoms with Gasteiger partial charge in [0, 0.05) is 12.4 Å². The van der Waals surface area contributed by atoms with E-state index in [4.69, 9.17) is 14.8 Å². The molecule has 0 saturated carbocycles. The average Bonchev–Trinajstić information content (AvgIpc) is 2.71. The molecule has 5 nitrogen and oxygen atoms in total. The number of nitrogens with one attached hydrogen (secondary N) is 2. The average molecular weight is 382 g/mol. The van der Waals surface area contributed by atoms with Gasteiger partial charge in [0.1, 0.15) is 18.8 Å². The molecule has 0 fully saturated rings. The molecule has 0 aliphatic carbocycles. The van der Waals surface area contributed by atoms with E-state index in [-0.39, 0.29) is 5.82 Å². The first-order valence-electron chi connectivity index (χ1n) is 9.83. The summed E-state index contributed by atoms with van der Waals surface area (Å²) >= 11 is 0. The van der Waals surface area contributed by atoms with Crippen molar-refractivity contribution in [3.8, 4) is 5.75 Å². The van der Waals surface area contributed by atoms with Gasteiger partial charge in [-0.3, -0.25) is 5.41 Å². The van der Waals surface area contributed by atoms with Crippen LogP contribution in [0.4, 0.5) is 0 Å². The molecule has 2 aromatic carbocycles. The lowest BCUT2D eigenvalue weighted by atomic mass is 9.72. The monoisotopic (exact) mass is 382 g/mol. The number of rotatable bonds is 13. The smallest absolute Gasteiger partial charge is 0.347 e. The fourth-order valence-corrected chi connectivity index (χ4v) is 2.93. The molecule has 6 heteroatoms. The van der Waals surface area contributed by atoms with E-state index in [1.165, 1.54) is 0 Å². The van der Waals surface area contributed by atoms with Crippen molar-refractivity contribution in [1.29, 1.82) is 5.41 Å². The van der Waals surface area contributed by atoms with Crippen LogP contribution in [0.3, 0.4) is 0 Å². The second-order valence-electron chi connectivity index (χ2n) is 7.45. The van der Waals surface area contributed by atoms with Gasteiger partial charge in [0.2, 0.25) is 0 Å². The summed E-state index contributed by atoms with van der Waals surface area (Å²) in [5.74, 6) is 1.27. The summed E-state index contributed by atoms with van der Waals surface area (Å²) in [5.41, 5.74) is 2.24. The highest BCUT2D eigenvalue weighted by molar-refractivity contribution is 6.32.